The number of nitrogens with zero attached hydrogens (tertiary/aromatic N) is 1. The lowest BCUT2D eigenvalue weighted by molar-refractivity contribution is 0.292. The fourth-order valence-corrected chi connectivity index (χ4v) is 2.96. The predicted octanol–water partition coefficient (Wildman–Crippen LogP) is 4.25. The van der Waals surface area contributed by atoms with Crippen LogP contribution in [0.25, 0.3) is 0 Å². The molecule has 2 nitrogen and oxygen atoms in total. The van der Waals surface area contributed by atoms with Gasteiger partial charge >= 0.3 is 0 Å². The Morgan fingerprint density at radius 3 is 2.73 bits per heavy atom. The third-order valence-electron chi connectivity index (χ3n) is 3.59. The molecule has 15 heavy (non-hydrogen) atoms. The Kier molecular flexibility index (Phi) is 3.84. The first-order valence-corrected chi connectivity index (χ1v) is 6.95. The molecule has 3 heteroatoms. The fraction of sp³-hybridized carbons (Fsp3) is 0.750. The maximum atomic E-state index is 5.52. The SMILES string of the molecule is CCC1CCC(c2ocnc2CBr)CC1. The van der Waals surface area contributed by atoms with Crippen molar-refractivity contribution in [3.63, 3.8) is 0 Å². The van der Waals surface area contributed by atoms with E-state index in [0.29, 0.717) is 5.92 Å². The Morgan fingerprint density at radius 2 is 2.13 bits per heavy atom. The molecule has 84 valence electrons. The molecule has 0 N–H and O–H groups in total. The lowest BCUT2D eigenvalue weighted by atomic mass is 9.79. The molecule has 0 aliphatic heterocycles. The van der Waals surface area contributed by atoms with E-state index in [2.05, 4.69) is 27.8 Å². The van der Waals surface area contributed by atoms with Crippen LogP contribution in [0.5, 0.6) is 0 Å². The van der Waals surface area contributed by atoms with Gasteiger partial charge in [0.1, 0.15) is 5.76 Å². The zero-order valence-electron chi connectivity index (χ0n) is 9.21. The minimum atomic E-state index is 0.614. The molecule has 1 aromatic heterocycles. The highest BCUT2D eigenvalue weighted by atomic mass is 79.9. The van der Waals surface area contributed by atoms with Gasteiger partial charge in [-0.3, -0.25) is 0 Å². The Hall–Kier alpha value is -0.310. The summed E-state index contributed by atoms with van der Waals surface area (Å²) in [6.45, 7) is 2.29. The van der Waals surface area contributed by atoms with Gasteiger partial charge < -0.3 is 4.42 Å². The van der Waals surface area contributed by atoms with Gasteiger partial charge in [0, 0.05) is 11.2 Å². The van der Waals surface area contributed by atoms with E-state index in [4.69, 9.17) is 4.42 Å². The van der Waals surface area contributed by atoms with E-state index in [1.54, 1.807) is 6.39 Å². The Morgan fingerprint density at radius 1 is 1.40 bits per heavy atom. The van der Waals surface area contributed by atoms with Crippen LogP contribution in [-0.2, 0) is 5.33 Å². The van der Waals surface area contributed by atoms with Crippen LogP contribution in [0.1, 0.15) is 56.4 Å². The monoisotopic (exact) mass is 271 g/mol. The second-order valence-corrected chi connectivity index (χ2v) is 4.98. The van der Waals surface area contributed by atoms with Crippen molar-refractivity contribution in [3.8, 4) is 0 Å². The van der Waals surface area contributed by atoms with Gasteiger partial charge in [-0.05, 0) is 31.6 Å². The summed E-state index contributed by atoms with van der Waals surface area (Å²) in [5.74, 6) is 2.68. The third kappa shape index (κ3) is 2.44. The van der Waals surface area contributed by atoms with E-state index < -0.39 is 0 Å². The lowest BCUT2D eigenvalue weighted by Crippen LogP contribution is -2.13. The van der Waals surface area contributed by atoms with E-state index >= 15 is 0 Å². The van der Waals surface area contributed by atoms with Crippen molar-refractivity contribution in [2.24, 2.45) is 5.92 Å². The molecule has 0 amide bonds. The van der Waals surface area contributed by atoms with Crippen LogP contribution in [0.4, 0.5) is 0 Å². The number of alkyl halides is 1. The van der Waals surface area contributed by atoms with Crippen molar-refractivity contribution in [1.82, 2.24) is 4.98 Å². The molecule has 0 aromatic carbocycles. The Bertz CT molecular complexity index is 302. The van der Waals surface area contributed by atoms with Crippen LogP contribution in [0.2, 0.25) is 0 Å². The number of rotatable bonds is 3. The van der Waals surface area contributed by atoms with Gasteiger partial charge in [-0.2, -0.15) is 0 Å². The van der Waals surface area contributed by atoms with Crippen molar-refractivity contribution >= 4 is 15.9 Å². The molecular formula is C12H18BrNO. The van der Waals surface area contributed by atoms with Crippen molar-refractivity contribution in [2.45, 2.75) is 50.3 Å². The minimum Gasteiger partial charge on any atom is -0.448 e. The standard InChI is InChI=1S/C12H18BrNO/c1-2-9-3-5-10(6-4-9)12-11(7-13)14-8-15-12/h8-10H,2-7H2,1H3. The molecular weight excluding hydrogens is 254 g/mol. The number of hydrogen-bond acceptors (Lipinski definition) is 2. The van der Waals surface area contributed by atoms with Gasteiger partial charge in [0.15, 0.2) is 6.39 Å². The molecule has 2 rings (SSSR count). The van der Waals surface area contributed by atoms with Gasteiger partial charge in [0.05, 0.1) is 5.69 Å². The third-order valence-corrected chi connectivity index (χ3v) is 4.13. The smallest absolute Gasteiger partial charge is 0.181 e. The molecule has 0 radical (unpaired) electrons. The highest BCUT2D eigenvalue weighted by molar-refractivity contribution is 9.08. The molecule has 0 bridgehead atoms. The first kappa shape index (κ1) is 11.2. The number of halogens is 1. The second kappa shape index (κ2) is 5.15. The molecule has 1 heterocycles. The summed E-state index contributed by atoms with van der Waals surface area (Å²) in [5.41, 5.74) is 1.09. The van der Waals surface area contributed by atoms with Crippen LogP contribution in [0, 0.1) is 5.92 Å². The summed E-state index contributed by atoms with van der Waals surface area (Å²) in [7, 11) is 0. The first-order chi connectivity index (χ1) is 7.35. The normalized spacial score (nSPS) is 26.8. The molecule has 0 spiro atoms. The Labute approximate surface area is 99.6 Å². The summed E-state index contributed by atoms with van der Waals surface area (Å²) in [6.07, 6.45) is 8.15. The summed E-state index contributed by atoms with van der Waals surface area (Å²) < 4.78 is 5.52. The van der Waals surface area contributed by atoms with Crippen molar-refractivity contribution in [1.29, 1.82) is 0 Å². The average molecular weight is 272 g/mol. The summed E-state index contributed by atoms with van der Waals surface area (Å²) in [5, 5.41) is 0.812. The van der Waals surface area contributed by atoms with Crippen LogP contribution < -0.4 is 0 Å². The summed E-state index contributed by atoms with van der Waals surface area (Å²) in [4.78, 5) is 4.24. The van der Waals surface area contributed by atoms with E-state index in [1.807, 2.05) is 0 Å². The molecule has 0 unspecified atom stereocenters. The van der Waals surface area contributed by atoms with Crippen molar-refractivity contribution in [2.75, 3.05) is 0 Å². The second-order valence-electron chi connectivity index (χ2n) is 4.42. The van der Waals surface area contributed by atoms with Gasteiger partial charge in [0.2, 0.25) is 0 Å². The maximum Gasteiger partial charge on any atom is 0.181 e. The van der Waals surface area contributed by atoms with Gasteiger partial charge in [0.25, 0.3) is 0 Å². The van der Waals surface area contributed by atoms with Crippen LogP contribution in [0.15, 0.2) is 10.8 Å². The molecule has 1 aliphatic carbocycles. The molecule has 1 saturated carbocycles. The molecule has 1 aromatic rings. The molecule has 0 saturated heterocycles. The van der Waals surface area contributed by atoms with Crippen molar-refractivity contribution < 1.29 is 4.42 Å². The zero-order valence-corrected chi connectivity index (χ0v) is 10.8. The number of oxazole rings is 1. The minimum absolute atomic E-state index is 0.614. The van der Waals surface area contributed by atoms with E-state index in [-0.39, 0.29) is 0 Å². The van der Waals surface area contributed by atoms with E-state index in [0.717, 1.165) is 22.7 Å². The highest BCUT2D eigenvalue weighted by Gasteiger charge is 2.25. The predicted molar refractivity (Wildman–Crippen MR) is 64.1 cm³/mol. The van der Waals surface area contributed by atoms with Gasteiger partial charge in [-0.25, -0.2) is 4.98 Å². The van der Waals surface area contributed by atoms with Crippen LogP contribution in [-0.4, -0.2) is 4.98 Å². The Balaban J connectivity index is 2.01. The summed E-state index contributed by atoms with van der Waals surface area (Å²) >= 11 is 3.46. The fourth-order valence-electron chi connectivity index (χ4n) is 2.54. The maximum absolute atomic E-state index is 5.52. The van der Waals surface area contributed by atoms with Crippen molar-refractivity contribution in [3.05, 3.63) is 17.8 Å². The lowest BCUT2D eigenvalue weighted by Gasteiger charge is -2.26. The topological polar surface area (TPSA) is 26.0 Å². The molecule has 1 fully saturated rings. The molecule has 0 atom stereocenters. The van der Waals surface area contributed by atoms with Gasteiger partial charge in [-0.15, -0.1) is 0 Å². The number of hydrogen-bond donors (Lipinski definition) is 0. The van der Waals surface area contributed by atoms with Crippen LogP contribution in [0.3, 0.4) is 0 Å². The first-order valence-electron chi connectivity index (χ1n) is 5.83. The summed E-state index contributed by atoms with van der Waals surface area (Å²) in [6, 6.07) is 0. The van der Waals surface area contributed by atoms with Crippen LogP contribution >= 0.6 is 15.9 Å². The van der Waals surface area contributed by atoms with E-state index in [1.165, 1.54) is 32.1 Å². The highest BCUT2D eigenvalue weighted by Crippen LogP contribution is 2.38. The average Bonchev–Trinajstić information content (AvgIpc) is 2.77. The van der Waals surface area contributed by atoms with Gasteiger partial charge in [-0.1, -0.05) is 29.3 Å². The number of aromatic nitrogens is 1. The zero-order chi connectivity index (χ0) is 10.7. The van der Waals surface area contributed by atoms with E-state index in [9.17, 15) is 0 Å². The largest absolute Gasteiger partial charge is 0.448 e. The molecule has 1 aliphatic rings. The quantitative estimate of drug-likeness (QED) is 0.769.